The Labute approximate surface area is 104 Å². The summed E-state index contributed by atoms with van der Waals surface area (Å²) in [7, 11) is 0. The molecule has 0 unspecified atom stereocenters. The Morgan fingerprint density at radius 1 is 1.18 bits per heavy atom. The molecule has 0 aliphatic heterocycles. The fourth-order valence-electron chi connectivity index (χ4n) is 1.40. The molecular weight excluding hydrogens is 238 g/mol. The minimum absolute atomic E-state index is 0.0668. The van der Waals surface area contributed by atoms with Crippen molar-refractivity contribution in [3.8, 4) is 11.5 Å². The van der Waals surface area contributed by atoms with E-state index in [0.29, 0.717) is 23.1 Å². The highest BCUT2D eigenvalue weighted by Gasteiger charge is 2.00. The average molecular weight is 250 g/mol. The topological polar surface area (TPSA) is 55.5 Å². The van der Waals surface area contributed by atoms with Crippen LogP contribution in [-0.2, 0) is 6.61 Å². The van der Waals surface area contributed by atoms with E-state index in [-0.39, 0.29) is 5.75 Å². The Bertz CT molecular complexity index is 529. The highest BCUT2D eigenvalue weighted by atomic mass is 35.5. The van der Waals surface area contributed by atoms with Gasteiger partial charge in [0.15, 0.2) is 0 Å². The molecule has 0 heterocycles. The SMILES string of the molecule is Nc1ccc(COc2cccc(Cl)c2)cc1O. The molecule has 0 amide bonds. The van der Waals surface area contributed by atoms with Gasteiger partial charge in [-0.1, -0.05) is 23.7 Å². The van der Waals surface area contributed by atoms with Gasteiger partial charge in [-0.2, -0.15) is 0 Å². The summed E-state index contributed by atoms with van der Waals surface area (Å²) in [5.41, 5.74) is 6.71. The molecule has 0 aliphatic rings. The number of ether oxygens (including phenoxy) is 1. The lowest BCUT2D eigenvalue weighted by Gasteiger charge is -2.07. The summed E-state index contributed by atoms with van der Waals surface area (Å²) < 4.78 is 5.53. The predicted octanol–water partition coefficient (Wildman–Crippen LogP) is 3.21. The molecule has 0 aliphatic carbocycles. The van der Waals surface area contributed by atoms with Gasteiger partial charge in [0.2, 0.25) is 0 Å². The van der Waals surface area contributed by atoms with E-state index in [4.69, 9.17) is 22.1 Å². The molecule has 0 atom stereocenters. The molecule has 0 radical (unpaired) electrons. The van der Waals surface area contributed by atoms with Crippen molar-refractivity contribution in [1.29, 1.82) is 0 Å². The van der Waals surface area contributed by atoms with Crippen molar-refractivity contribution in [2.75, 3.05) is 5.73 Å². The van der Waals surface area contributed by atoms with Gasteiger partial charge in [-0.3, -0.25) is 0 Å². The largest absolute Gasteiger partial charge is 0.506 e. The molecule has 3 N–H and O–H groups in total. The maximum Gasteiger partial charge on any atom is 0.138 e. The van der Waals surface area contributed by atoms with E-state index in [1.807, 2.05) is 12.1 Å². The maximum atomic E-state index is 9.44. The van der Waals surface area contributed by atoms with Crippen LogP contribution in [0.2, 0.25) is 5.02 Å². The fourth-order valence-corrected chi connectivity index (χ4v) is 1.58. The number of nitrogen functional groups attached to an aromatic ring is 1. The van der Waals surface area contributed by atoms with Gasteiger partial charge in [0.05, 0.1) is 5.69 Å². The zero-order chi connectivity index (χ0) is 12.3. The lowest BCUT2D eigenvalue weighted by Crippen LogP contribution is -1.96. The van der Waals surface area contributed by atoms with Crippen LogP contribution >= 0.6 is 11.6 Å². The summed E-state index contributed by atoms with van der Waals surface area (Å²) in [6.45, 7) is 0.355. The Kier molecular flexibility index (Phi) is 3.40. The number of anilines is 1. The first kappa shape index (κ1) is 11.6. The molecule has 2 aromatic rings. The van der Waals surface area contributed by atoms with E-state index in [1.165, 1.54) is 0 Å². The highest BCUT2D eigenvalue weighted by Crippen LogP contribution is 2.22. The summed E-state index contributed by atoms with van der Waals surface area (Å²) in [6, 6.07) is 12.2. The second-order valence-corrected chi connectivity index (χ2v) is 4.08. The third-order valence-electron chi connectivity index (χ3n) is 2.30. The van der Waals surface area contributed by atoms with Crippen molar-refractivity contribution in [2.45, 2.75) is 6.61 Å². The van der Waals surface area contributed by atoms with E-state index in [2.05, 4.69) is 0 Å². The minimum atomic E-state index is 0.0668. The van der Waals surface area contributed by atoms with Gasteiger partial charge in [0.1, 0.15) is 18.1 Å². The van der Waals surface area contributed by atoms with Crippen LogP contribution in [0, 0.1) is 0 Å². The monoisotopic (exact) mass is 249 g/mol. The van der Waals surface area contributed by atoms with Crippen LogP contribution in [0.3, 0.4) is 0 Å². The number of hydrogen-bond donors (Lipinski definition) is 2. The van der Waals surface area contributed by atoms with Gasteiger partial charge in [-0.05, 0) is 35.9 Å². The van der Waals surface area contributed by atoms with Gasteiger partial charge in [-0.25, -0.2) is 0 Å². The standard InChI is InChI=1S/C13H12ClNO2/c14-10-2-1-3-11(7-10)17-8-9-4-5-12(15)13(16)6-9/h1-7,16H,8,15H2. The quantitative estimate of drug-likeness (QED) is 0.649. The highest BCUT2D eigenvalue weighted by molar-refractivity contribution is 6.30. The number of benzene rings is 2. The lowest BCUT2D eigenvalue weighted by molar-refractivity contribution is 0.305. The third kappa shape index (κ3) is 3.04. The van der Waals surface area contributed by atoms with Crippen molar-refractivity contribution in [1.82, 2.24) is 0 Å². The number of phenols is 1. The zero-order valence-electron chi connectivity index (χ0n) is 9.06. The van der Waals surface area contributed by atoms with Crippen molar-refractivity contribution in [3.05, 3.63) is 53.1 Å². The normalized spacial score (nSPS) is 10.2. The van der Waals surface area contributed by atoms with Gasteiger partial charge in [0.25, 0.3) is 0 Å². The molecule has 2 rings (SSSR count). The molecule has 0 fully saturated rings. The molecule has 0 aromatic heterocycles. The van der Waals surface area contributed by atoms with Crippen LogP contribution in [0.1, 0.15) is 5.56 Å². The van der Waals surface area contributed by atoms with E-state index in [1.54, 1.807) is 30.3 Å². The van der Waals surface area contributed by atoms with Gasteiger partial charge in [-0.15, -0.1) is 0 Å². The summed E-state index contributed by atoms with van der Waals surface area (Å²) in [4.78, 5) is 0. The Hall–Kier alpha value is -1.87. The third-order valence-corrected chi connectivity index (χ3v) is 2.53. The van der Waals surface area contributed by atoms with Crippen LogP contribution in [0.5, 0.6) is 11.5 Å². The van der Waals surface area contributed by atoms with Crippen molar-refractivity contribution in [3.63, 3.8) is 0 Å². The maximum absolute atomic E-state index is 9.44. The number of nitrogens with two attached hydrogens (primary N) is 1. The van der Waals surface area contributed by atoms with Crippen LogP contribution in [0.4, 0.5) is 5.69 Å². The number of halogens is 1. The zero-order valence-corrected chi connectivity index (χ0v) is 9.82. The first-order valence-corrected chi connectivity index (χ1v) is 5.48. The number of hydrogen-bond acceptors (Lipinski definition) is 3. The first-order chi connectivity index (χ1) is 8.15. The summed E-state index contributed by atoms with van der Waals surface area (Å²) >= 11 is 5.84. The van der Waals surface area contributed by atoms with Crippen LogP contribution < -0.4 is 10.5 Å². The van der Waals surface area contributed by atoms with Gasteiger partial charge >= 0.3 is 0 Å². The number of aromatic hydroxyl groups is 1. The molecular formula is C13H12ClNO2. The van der Waals surface area contributed by atoms with E-state index in [0.717, 1.165) is 5.56 Å². The van der Waals surface area contributed by atoms with E-state index >= 15 is 0 Å². The van der Waals surface area contributed by atoms with Gasteiger partial charge in [0, 0.05) is 5.02 Å². The van der Waals surface area contributed by atoms with Crippen molar-refractivity contribution in [2.24, 2.45) is 0 Å². The molecule has 2 aromatic carbocycles. The molecule has 88 valence electrons. The van der Waals surface area contributed by atoms with Gasteiger partial charge < -0.3 is 15.6 Å². The molecule has 0 bridgehead atoms. The lowest BCUT2D eigenvalue weighted by atomic mass is 10.2. The molecule has 4 heteroatoms. The Morgan fingerprint density at radius 2 is 2.00 bits per heavy atom. The Morgan fingerprint density at radius 3 is 2.71 bits per heavy atom. The average Bonchev–Trinajstić information content (AvgIpc) is 2.31. The second kappa shape index (κ2) is 4.97. The summed E-state index contributed by atoms with van der Waals surface area (Å²) in [5, 5.41) is 10.1. The van der Waals surface area contributed by atoms with Crippen molar-refractivity contribution >= 4 is 17.3 Å². The molecule has 0 spiro atoms. The van der Waals surface area contributed by atoms with E-state index in [9.17, 15) is 5.11 Å². The van der Waals surface area contributed by atoms with Crippen LogP contribution in [0.15, 0.2) is 42.5 Å². The molecule has 0 saturated heterocycles. The predicted molar refractivity (Wildman–Crippen MR) is 68.3 cm³/mol. The second-order valence-electron chi connectivity index (χ2n) is 3.64. The first-order valence-electron chi connectivity index (χ1n) is 5.11. The smallest absolute Gasteiger partial charge is 0.138 e. The van der Waals surface area contributed by atoms with Crippen LogP contribution in [0.25, 0.3) is 0 Å². The summed E-state index contributed by atoms with van der Waals surface area (Å²) in [6.07, 6.45) is 0. The Balaban J connectivity index is 2.05. The number of phenolic OH excluding ortho intramolecular Hbond substituents is 1. The minimum Gasteiger partial charge on any atom is -0.506 e. The molecule has 0 saturated carbocycles. The summed E-state index contributed by atoms with van der Waals surface area (Å²) in [5.74, 6) is 0.756. The fraction of sp³-hybridized carbons (Fsp3) is 0.0769. The molecule has 17 heavy (non-hydrogen) atoms. The van der Waals surface area contributed by atoms with E-state index < -0.39 is 0 Å². The number of rotatable bonds is 3. The van der Waals surface area contributed by atoms with Crippen LogP contribution in [-0.4, -0.2) is 5.11 Å². The van der Waals surface area contributed by atoms with Crippen molar-refractivity contribution < 1.29 is 9.84 Å². The molecule has 3 nitrogen and oxygen atoms in total.